The molecule has 4 aromatic rings. The van der Waals surface area contributed by atoms with E-state index in [4.69, 9.17) is 32.7 Å². The number of fused-ring (bicyclic) bond motifs is 1. The average molecular weight is 476 g/mol. The first-order valence-corrected chi connectivity index (χ1v) is 10.2. The Kier molecular flexibility index (Phi) is 6.67. The number of amides is 1. The number of carbonyl (C=O) groups excluding carboxylic acids is 1. The summed E-state index contributed by atoms with van der Waals surface area (Å²) in [6, 6.07) is 14.1. The zero-order valence-corrected chi connectivity index (χ0v) is 18.0. The van der Waals surface area contributed by atoms with Crippen molar-refractivity contribution in [1.82, 2.24) is 25.1 Å². The van der Waals surface area contributed by atoms with E-state index in [0.717, 1.165) is 0 Å². The topological polar surface area (TPSA) is 90.6 Å². The van der Waals surface area contributed by atoms with Gasteiger partial charge in [-0.05, 0) is 42.5 Å². The summed E-state index contributed by atoms with van der Waals surface area (Å²) >= 11 is 11.9. The number of rotatable bonds is 8. The quantitative estimate of drug-likeness (QED) is 0.389. The van der Waals surface area contributed by atoms with E-state index in [1.807, 2.05) is 0 Å². The normalized spacial score (nSPS) is 10.8. The zero-order valence-electron chi connectivity index (χ0n) is 16.5. The number of ether oxygens (including phenoxy) is 2. The summed E-state index contributed by atoms with van der Waals surface area (Å²) < 4.78 is 25.7. The van der Waals surface area contributed by atoms with Gasteiger partial charge in [0.2, 0.25) is 5.88 Å². The first-order valence-electron chi connectivity index (χ1n) is 9.46. The second-order valence-corrected chi connectivity index (χ2v) is 7.30. The monoisotopic (exact) mass is 475 g/mol. The largest absolute Gasteiger partial charge is 0.482 e. The van der Waals surface area contributed by atoms with Gasteiger partial charge in [0.25, 0.3) is 5.91 Å². The summed E-state index contributed by atoms with van der Waals surface area (Å²) in [7, 11) is 0. The van der Waals surface area contributed by atoms with Crippen molar-refractivity contribution in [3.05, 3.63) is 70.5 Å². The lowest BCUT2D eigenvalue weighted by Crippen LogP contribution is -2.32. The van der Waals surface area contributed by atoms with Crippen molar-refractivity contribution in [2.24, 2.45) is 0 Å². The van der Waals surface area contributed by atoms with E-state index in [1.54, 1.807) is 42.5 Å². The van der Waals surface area contributed by atoms with E-state index >= 15 is 0 Å². The van der Waals surface area contributed by atoms with Crippen LogP contribution in [0.4, 0.5) is 4.39 Å². The highest BCUT2D eigenvalue weighted by Crippen LogP contribution is 2.31. The Hall–Kier alpha value is -3.43. The van der Waals surface area contributed by atoms with Crippen molar-refractivity contribution in [1.29, 1.82) is 0 Å². The smallest absolute Gasteiger partial charge is 0.258 e. The summed E-state index contributed by atoms with van der Waals surface area (Å²) in [6.45, 7) is 0.195. The highest BCUT2D eigenvalue weighted by molar-refractivity contribution is 6.42. The Balaban J connectivity index is 1.30. The van der Waals surface area contributed by atoms with Crippen LogP contribution in [-0.2, 0) is 4.79 Å². The zero-order chi connectivity index (χ0) is 22.5. The second kappa shape index (κ2) is 9.80. The molecule has 0 aliphatic carbocycles. The highest BCUT2D eigenvalue weighted by Gasteiger charge is 2.11. The number of benzene rings is 2. The van der Waals surface area contributed by atoms with E-state index in [9.17, 15) is 9.18 Å². The summed E-state index contributed by atoms with van der Waals surface area (Å²) in [5.41, 5.74) is 1.18. The Labute approximate surface area is 191 Å². The molecule has 2 aromatic heterocycles. The molecule has 0 atom stereocenters. The lowest BCUT2D eigenvalue weighted by Gasteiger charge is -2.10. The van der Waals surface area contributed by atoms with E-state index in [-0.39, 0.29) is 36.5 Å². The van der Waals surface area contributed by atoms with Crippen molar-refractivity contribution < 1.29 is 18.7 Å². The van der Waals surface area contributed by atoms with Crippen molar-refractivity contribution >= 4 is 34.8 Å². The molecule has 0 spiro atoms. The average Bonchev–Trinajstić information content (AvgIpc) is 3.21. The van der Waals surface area contributed by atoms with Crippen LogP contribution in [0.2, 0.25) is 10.0 Å². The molecule has 11 heteroatoms. The van der Waals surface area contributed by atoms with Gasteiger partial charge in [0.05, 0.1) is 11.6 Å². The predicted molar refractivity (Wildman–Crippen MR) is 117 cm³/mol. The summed E-state index contributed by atoms with van der Waals surface area (Å²) in [6.07, 6.45) is 0. The summed E-state index contributed by atoms with van der Waals surface area (Å²) in [5, 5.41) is 15.8. The van der Waals surface area contributed by atoms with Crippen LogP contribution in [0, 0.1) is 5.82 Å². The Morgan fingerprint density at radius 2 is 1.84 bits per heavy atom. The molecule has 4 rings (SSSR count). The molecule has 1 N–H and O–H groups in total. The van der Waals surface area contributed by atoms with Gasteiger partial charge >= 0.3 is 0 Å². The van der Waals surface area contributed by atoms with Gasteiger partial charge in [0.1, 0.15) is 23.2 Å². The van der Waals surface area contributed by atoms with Crippen molar-refractivity contribution in [2.75, 3.05) is 19.8 Å². The molecule has 2 heterocycles. The predicted octanol–water partition coefficient (Wildman–Crippen LogP) is 3.81. The first-order chi connectivity index (χ1) is 15.5. The fourth-order valence-electron chi connectivity index (χ4n) is 2.76. The molecule has 32 heavy (non-hydrogen) atoms. The minimum absolute atomic E-state index is 0.177. The van der Waals surface area contributed by atoms with E-state index in [0.29, 0.717) is 33.7 Å². The molecule has 0 aliphatic heterocycles. The molecule has 0 radical (unpaired) electrons. The molecule has 0 saturated heterocycles. The van der Waals surface area contributed by atoms with Crippen LogP contribution in [0.3, 0.4) is 0 Å². The van der Waals surface area contributed by atoms with Crippen molar-refractivity contribution in [2.45, 2.75) is 0 Å². The van der Waals surface area contributed by atoms with E-state index < -0.39 is 0 Å². The Morgan fingerprint density at radius 1 is 1.03 bits per heavy atom. The molecular formula is C21H16Cl2FN5O3. The van der Waals surface area contributed by atoms with Crippen LogP contribution in [-0.4, -0.2) is 45.5 Å². The van der Waals surface area contributed by atoms with Gasteiger partial charge in [0, 0.05) is 11.6 Å². The third kappa shape index (κ3) is 5.06. The number of carbonyl (C=O) groups is 1. The lowest BCUT2D eigenvalue weighted by atomic mass is 10.2. The van der Waals surface area contributed by atoms with Crippen molar-refractivity contribution in [3.8, 4) is 23.0 Å². The highest BCUT2D eigenvalue weighted by atomic mass is 35.5. The second-order valence-electron chi connectivity index (χ2n) is 6.51. The molecule has 8 nitrogen and oxygen atoms in total. The third-order valence-electron chi connectivity index (χ3n) is 4.29. The molecule has 0 aliphatic rings. The van der Waals surface area contributed by atoms with Crippen LogP contribution >= 0.6 is 23.2 Å². The maximum atomic E-state index is 13.2. The number of aromatic nitrogens is 4. The van der Waals surface area contributed by atoms with Gasteiger partial charge in [-0.15, -0.1) is 15.3 Å². The van der Waals surface area contributed by atoms with Gasteiger partial charge < -0.3 is 14.8 Å². The number of hydrogen-bond donors (Lipinski definition) is 1. The third-order valence-corrected chi connectivity index (χ3v) is 5.09. The van der Waals surface area contributed by atoms with Gasteiger partial charge in [0.15, 0.2) is 18.1 Å². The van der Waals surface area contributed by atoms with Crippen molar-refractivity contribution in [3.63, 3.8) is 0 Å². The van der Waals surface area contributed by atoms with Gasteiger partial charge in [-0.1, -0.05) is 29.3 Å². The van der Waals surface area contributed by atoms with Gasteiger partial charge in [-0.3, -0.25) is 4.79 Å². The first kappa shape index (κ1) is 21.8. The van der Waals surface area contributed by atoms with Crippen LogP contribution in [0.1, 0.15) is 0 Å². The molecule has 0 saturated carbocycles. The van der Waals surface area contributed by atoms with Gasteiger partial charge in [-0.25, -0.2) is 4.39 Å². The molecule has 1 amide bonds. The van der Waals surface area contributed by atoms with Crippen LogP contribution in [0.25, 0.3) is 17.0 Å². The maximum absolute atomic E-state index is 13.2. The molecular weight excluding hydrogens is 460 g/mol. The lowest BCUT2D eigenvalue weighted by molar-refractivity contribution is -0.123. The Morgan fingerprint density at radius 3 is 2.66 bits per heavy atom. The van der Waals surface area contributed by atoms with Crippen LogP contribution in [0.15, 0.2) is 54.6 Å². The number of halogens is 3. The number of hydrogen-bond acceptors (Lipinski definition) is 6. The molecule has 0 unspecified atom stereocenters. The maximum Gasteiger partial charge on any atom is 0.258 e. The molecule has 164 valence electrons. The van der Waals surface area contributed by atoms with Crippen LogP contribution < -0.4 is 14.8 Å². The van der Waals surface area contributed by atoms with Gasteiger partial charge in [-0.2, -0.15) is 4.52 Å². The summed E-state index contributed by atoms with van der Waals surface area (Å²) in [4.78, 5) is 12.0. The fourth-order valence-corrected chi connectivity index (χ4v) is 3.11. The molecule has 2 aromatic carbocycles. The van der Waals surface area contributed by atoms with Crippen LogP contribution in [0.5, 0.6) is 11.6 Å². The van der Waals surface area contributed by atoms with E-state index in [2.05, 4.69) is 20.6 Å². The molecule has 0 fully saturated rings. The minimum Gasteiger partial charge on any atom is -0.482 e. The Bertz CT molecular complexity index is 1250. The number of nitrogens with zero attached hydrogens (tertiary/aromatic N) is 4. The number of nitrogens with one attached hydrogen (secondary N) is 1. The van der Waals surface area contributed by atoms with E-state index in [1.165, 1.54) is 16.6 Å². The molecule has 0 bridgehead atoms. The summed E-state index contributed by atoms with van der Waals surface area (Å²) in [5.74, 6) is 0.412. The minimum atomic E-state index is -0.345. The SMILES string of the molecule is O=C(COc1cccc(Cl)c1Cl)NCCOc1ccc2nnc(-c3ccc(F)cc3)n2n1. The standard InChI is InChI=1S/C21H16Cl2FN5O3/c22-15-2-1-3-16(20(15)23)32-12-18(30)25-10-11-31-19-9-8-17-26-27-21(29(17)28-19)13-4-6-14(24)7-5-13/h1-9H,10-12H2,(H,25,30). The fraction of sp³-hybridized carbons (Fsp3) is 0.143.